The van der Waals surface area contributed by atoms with Crippen molar-refractivity contribution < 1.29 is 22.7 Å². The fourth-order valence-electron chi connectivity index (χ4n) is 2.01. The number of nitrogens with zero attached hydrogens (tertiary/aromatic N) is 2. The molecule has 0 N–H and O–H groups in total. The van der Waals surface area contributed by atoms with E-state index in [4.69, 9.17) is 23.2 Å². The topological polar surface area (TPSA) is 61.2 Å². The van der Waals surface area contributed by atoms with Crippen LogP contribution in [0.4, 0.5) is 13.2 Å². The summed E-state index contributed by atoms with van der Waals surface area (Å²) in [6.45, 7) is 0. The molecule has 1 aromatic heterocycles. The second-order valence-electron chi connectivity index (χ2n) is 4.99. The van der Waals surface area contributed by atoms with Gasteiger partial charge in [-0.05, 0) is 12.1 Å². The Bertz CT molecular complexity index is 916. The number of hydrogen-bond acceptors (Lipinski definition) is 5. The van der Waals surface area contributed by atoms with Crippen molar-refractivity contribution in [2.75, 3.05) is 12.9 Å². The Labute approximate surface area is 160 Å². The van der Waals surface area contributed by atoms with Gasteiger partial charge in [0.1, 0.15) is 11.4 Å². The molecule has 0 aliphatic rings. The number of carbonyl (C=O) groups is 1. The number of esters is 1. The molecule has 0 radical (unpaired) electrons. The van der Waals surface area contributed by atoms with E-state index < -0.39 is 23.3 Å². The van der Waals surface area contributed by atoms with Gasteiger partial charge in [0.05, 0.1) is 22.9 Å². The largest absolute Gasteiger partial charge is 0.468 e. The summed E-state index contributed by atoms with van der Waals surface area (Å²) in [7, 11) is 2.30. The first-order valence-electron chi connectivity index (χ1n) is 6.89. The third-order valence-electron chi connectivity index (χ3n) is 3.24. The van der Waals surface area contributed by atoms with Gasteiger partial charge in [-0.2, -0.15) is 18.3 Å². The second-order valence-corrected chi connectivity index (χ2v) is 6.82. The number of aryl methyl sites for hydroxylation is 1. The van der Waals surface area contributed by atoms with Gasteiger partial charge in [0.15, 0.2) is 0 Å². The van der Waals surface area contributed by atoms with E-state index in [2.05, 4.69) is 9.84 Å². The third kappa shape index (κ3) is 4.52. The normalized spacial score (nSPS) is 11.5. The molecule has 1 heterocycles. The standard InChI is InChI=1S/C15H11Cl2F3N2O3S/c1-22-12(15(18,19)20)5-10(23)14(21-22)7-3-11(9(17)4-8(7)16)26-6-13(24)25-2/h3-5H,6H2,1-2H3. The molecule has 2 aromatic rings. The van der Waals surface area contributed by atoms with Crippen molar-refractivity contribution in [3.63, 3.8) is 0 Å². The van der Waals surface area contributed by atoms with E-state index in [1.807, 2.05) is 0 Å². The molecule has 0 fully saturated rings. The molecule has 5 nitrogen and oxygen atoms in total. The molecule has 11 heteroatoms. The minimum atomic E-state index is -4.72. The summed E-state index contributed by atoms with van der Waals surface area (Å²) in [5.74, 6) is -0.540. The van der Waals surface area contributed by atoms with E-state index >= 15 is 0 Å². The number of carbonyl (C=O) groups excluding carboxylic acids is 1. The van der Waals surface area contributed by atoms with Crippen LogP contribution >= 0.6 is 35.0 Å². The zero-order valence-electron chi connectivity index (χ0n) is 13.4. The van der Waals surface area contributed by atoms with E-state index in [1.165, 1.54) is 19.2 Å². The predicted octanol–water partition coefficient (Wildman–Crippen LogP) is 4.04. The number of thioether (sulfide) groups is 1. The zero-order valence-corrected chi connectivity index (χ0v) is 15.7. The highest BCUT2D eigenvalue weighted by atomic mass is 35.5. The van der Waals surface area contributed by atoms with Crippen LogP contribution in [0.25, 0.3) is 11.3 Å². The van der Waals surface area contributed by atoms with E-state index in [1.54, 1.807) is 0 Å². The van der Waals surface area contributed by atoms with Crippen LogP contribution in [0.5, 0.6) is 0 Å². The molecule has 0 atom stereocenters. The van der Waals surface area contributed by atoms with Crippen LogP contribution in [0, 0.1) is 0 Å². The number of hydrogen-bond donors (Lipinski definition) is 0. The Balaban J connectivity index is 2.53. The lowest BCUT2D eigenvalue weighted by Gasteiger charge is -2.13. The second kappa shape index (κ2) is 7.89. The number of halogens is 5. The van der Waals surface area contributed by atoms with Gasteiger partial charge in [0, 0.05) is 23.6 Å². The van der Waals surface area contributed by atoms with Crippen molar-refractivity contribution in [2.45, 2.75) is 11.1 Å². The van der Waals surface area contributed by atoms with Gasteiger partial charge < -0.3 is 4.74 Å². The monoisotopic (exact) mass is 426 g/mol. The SMILES string of the molecule is COC(=O)CSc1cc(-c2nn(C)c(C(F)(F)F)cc2=O)c(Cl)cc1Cl. The number of alkyl halides is 3. The third-order valence-corrected chi connectivity index (χ3v) is 5.01. The first-order chi connectivity index (χ1) is 12.0. The van der Waals surface area contributed by atoms with Gasteiger partial charge in [-0.15, -0.1) is 11.8 Å². The van der Waals surface area contributed by atoms with Gasteiger partial charge >= 0.3 is 12.1 Å². The number of ether oxygens (including phenoxy) is 1. The molecule has 0 saturated heterocycles. The van der Waals surface area contributed by atoms with E-state index in [0.29, 0.717) is 15.6 Å². The van der Waals surface area contributed by atoms with Gasteiger partial charge in [-0.25, -0.2) is 0 Å². The van der Waals surface area contributed by atoms with Crippen molar-refractivity contribution >= 4 is 40.9 Å². The summed E-state index contributed by atoms with van der Waals surface area (Å²) in [5.41, 5.74) is -2.28. The molecule has 2 rings (SSSR count). The summed E-state index contributed by atoms with van der Waals surface area (Å²) in [5, 5.41) is 3.97. The summed E-state index contributed by atoms with van der Waals surface area (Å²) < 4.78 is 43.7. The van der Waals surface area contributed by atoms with Crippen LogP contribution in [-0.2, 0) is 22.8 Å². The minimum absolute atomic E-state index is 0.0433. The van der Waals surface area contributed by atoms with E-state index in [9.17, 15) is 22.8 Å². The Hall–Kier alpha value is -1.71. The lowest BCUT2D eigenvalue weighted by Crippen LogP contribution is -2.22. The van der Waals surface area contributed by atoms with Gasteiger partial charge in [-0.3, -0.25) is 14.3 Å². The predicted molar refractivity (Wildman–Crippen MR) is 92.7 cm³/mol. The highest BCUT2D eigenvalue weighted by Gasteiger charge is 2.34. The zero-order chi connectivity index (χ0) is 19.6. The van der Waals surface area contributed by atoms with Gasteiger partial charge in [0.2, 0.25) is 5.43 Å². The van der Waals surface area contributed by atoms with E-state index in [-0.39, 0.29) is 27.1 Å². The molecule has 0 aliphatic carbocycles. The van der Waals surface area contributed by atoms with Crippen LogP contribution in [0.2, 0.25) is 10.0 Å². The minimum Gasteiger partial charge on any atom is -0.468 e. The van der Waals surface area contributed by atoms with E-state index in [0.717, 1.165) is 18.8 Å². The summed E-state index contributed by atoms with van der Waals surface area (Å²) >= 11 is 13.2. The van der Waals surface area contributed by atoms with Crippen molar-refractivity contribution in [1.29, 1.82) is 0 Å². The van der Waals surface area contributed by atoms with Crippen LogP contribution in [0.1, 0.15) is 5.69 Å². The molecule has 26 heavy (non-hydrogen) atoms. The van der Waals surface area contributed by atoms with Crippen LogP contribution in [-0.4, -0.2) is 28.6 Å². The van der Waals surface area contributed by atoms with Crippen LogP contribution in [0.15, 0.2) is 27.9 Å². The lowest BCUT2D eigenvalue weighted by atomic mass is 10.1. The molecule has 0 amide bonds. The Morgan fingerprint density at radius 3 is 2.50 bits per heavy atom. The van der Waals surface area contributed by atoms with Crippen molar-refractivity contribution in [3.8, 4) is 11.3 Å². The fraction of sp³-hybridized carbons (Fsp3) is 0.267. The Morgan fingerprint density at radius 1 is 1.27 bits per heavy atom. The van der Waals surface area contributed by atoms with Gasteiger partial charge in [-0.1, -0.05) is 23.2 Å². The molecule has 0 aliphatic heterocycles. The number of methoxy groups -OCH3 is 1. The van der Waals surface area contributed by atoms with Crippen molar-refractivity contribution in [2.24, 2.45) is 7.05 Å². The summed E-state index contributed by atoms with van der Waals surface area (Å²) in [4.78, 5) is 23.8. The first kappa shape index (κ1) is 20.6. The number of rotatable bonds is 4. The molecule has 140 valence electrons. The molecular formula is C15H11Cl2F3N2O3S. The summed E-state index contributed by atoms with van der Waals surface area (Å²) in [6, 6.07) is 3.18. The maximum atomic E-state index is 12.9. The Kier molecular flexibility index (Phi) is 6.25. The lowest BCUT2D eigenvalue weighted by molar-refractivity contribution is -0.144. The average Bonchev–Trinajstić information content (AvgIpc) is 2.54. The molecule has 0 saturated carbocycles. The molecule has 1 aromatic carbocycles. The van der Waals surface area contributed by atoms with Crippen LogP contribution < -0.4 is 5.43 Å². The average molecular weight is 427 g/mol. The maximum Gasteiger partial charge on any atom is 0.433 e. The quantitative estimate of drug-likeness (QED) is 0.545. The van der Waals surface area contributed by atoms with Gasteiger partial charge in [0.25, 0.3) is 0 Å². The molecule has 0 bridgehead atoms. The van der Waals surface area contributed by atoms with Crippen LogP contribution in [0.3, 0.4) is 0 Å². The highest BCUT2D eigenvalue weighted by Crippen LogP contribution is 2.36. The molecule has 0 spiro atoms. The molecular weight excluding hydrogens is 416 g/mol. The smallest absolute Gasteiger partial charge is 0.433 e. The number of benzene rings is 1. The van der Waals surface area contributed by atoms with Crippen molar-refractivity contribution in [1.82, 2.24) is 9.78 Å². The Morgan fingerprint density at radius 2 is 1.92 bits per heavy atom. The fourth-order valence-corrected chi connectivity index (χ4v) is 3.43. The summed E-state index contributed by atoms with van der Waals surface area (Å²) in [6.07, 6.45) is -4.72. The first-order valence-corrected chi connectivity index (χ1v) is 8.63. The number of aromatic nitrogens is 2. The molecule has 0 unspecified atom stereocenters. The van der Waals surface area contributed by atoms with Crippen molar-refractivity contribution in [3.05, 3.63) is 44.2 Å². The maximum absolute atomic E-state index is 12.9. The highest BCUT2D eigenvalue weighted by molar-refractivity contribution is 8.00.